The second kappa shape index (κ2) is 8.39. The van der Waals surface area contributed by atoms with Crippen LogP contribution in [-0.2, 0) is 0 Å². The lowest BCUT2D eigenvalue weighted by molar-refractivity contribution is 0.0912. The minimum Gasteiger partial charge on any atom is -0.457 e. The Balaban J connectivity index is 1.47. The lowest BCUT2D eigenvalue weighted by Gasteiger charge is -2.18. The van der Waals surface area contributed by atoms with Crippen molar-refractivity contribution in [2.45, 2.75) is 0 Å². The quantitative estimate of drug-likeness (QED) is 0.295. The topological polar surface area (TPSA) is 84.0 Å². The molecule has 0 aromatic heterocycles. The fraction of sp³-hybridized carbons (Fsp3) is 0. The molecule has 0 spiro atoms. The van der Waals surface area contributed by atoms with Gasteiger partial charge < -0.3 is 4.74 Å². The Morgan fingerprint density at radius 1 is 0.657 bits per heavy atom. The molecule has 0 fully saturated rings. The van der Waals surface area contributed by atoms with Crippen molar-refractivity contribution >= 4 is 35.0 Å². The molecule has 2 heterocycles. The summed E-state index contributed by atoms with van der Waals surface area (Å²) in [6.07, 6.45) is 4.66. The van der Waals surface area contributed by atoms with E-state index in [4.69, 9.17) is 4.74 Å². The minimum absolute atomic E-state index is 0.181. The highest BCUT2D eigenvalue weighted by molar-refractivity contribution is 6.36. The highest BCUT2D eigenvalue weighted by Crippen LogP contribution is 2.35. The summed E-state index contributed by atoms with van der Waals surface area (Å²) in [6.45, 7) is 7.28. The zero-order chi connectivity index (χ0) is 24.7. The summed E-state index contributed by atoms with van der Waals surface area (Å²) in [5.41, 5.74) is 1.52. The number of hydrogen-bond donors (Lipinski definition) is 0. The second-order valence-corrected chi connectivity index (χ2v) is 7.78. The van der Waals surface area contributed by atoms with E-state index < -0.39 is 23.6 Å². The van der Waals surface area contributed by atoms with Gasteiger partial charge in [0.25, 0.3) is 23.6 Å². The van der Waals surface area contributed by atoms with E-state index in [1.165, 1.54) is 24.3 Å². The number of nitrogens with zero attached hydrogens (tertiary/aromatic N) is 2. The van der Waals surface area contributed by atoms with Crippen molar-refractivity contribution in [3.05, 3.63) is 126 Å². The molecule has 2 aliphatic heterocycles. The van der Waals surface area contributed by atoms with Gasteiger partial charge in [-0.25, -0.2) is 9.80 Å². The van der Waals surface area contributed by atoms with Crippen LogP contribution < -0.4 is 14.5 Å². The molecular weight excluding hydrogens is 444 g/mol. The van der Waals surface area contributed by atoms with Crippen molar-refractivity contribution in [2.24, 2.45) is 0 Å². The lowest BCUT2D eigenvalue weighted by atomic mass is 10.1. The number of allylic oxidation sites excluding steroid dienone is 3. The summed E-state index contributed by atoms with van der Waals surface area (Å²) in [4.78, 5) is 54.1. The van der Waals surface area contributed by atoms with Crippen molar-refractivity contribution < 1.29 is 23.9 Å². The van der Waals surface area contributed by atoms with Gasteiger partial charge in [-0.1, -0.05) is 37.4 Å². The maximum Gasteiger partial charge on any atom is 0.266 e. The van der Waals surface area contributed by atoms with E-state index in [0.29, 0.717) is 22.6 Å². The molecule has 0 atom stereocenters. The van der Waals surface area contributed by atoms with Crippen molar-refractivity contribution in [2.75, 3.05) is 9.80 Å². The number of carbonyl (C=O) groups is 4. The number of fused-ring (bicyclic) bond motifs is 2. The van der Waals surface area contributed by atoms with Crippen LogP contribution in [0.4, 0.5) is 11.4 Å². The lowest BCUT2D eigenvalue weighted by Crippen LogP contribution is -2.31. The Kier molecular flexibility index (Phi) is 5.22. The molecule has 3 aromatic rings. The summed E-state index contributed by atoms with van der Waals surface area (Å²) < 4.78 is 5.70. The third kappa shape index (κ3) is 3.46. The van der Waals surface area contributed by atoms with Gasteiger partial charge in [0.05, 0.1) is 33.6 Å². The maximum absolute atomic E-state index is 13.2. The molecule has 0 saturated carbocycles. The first-order valence-corrected chi connectivity index (χ1v) is 10.7. The summed E-state index contributed by atoms with van der Waals surface area (Å²) >= 11 is 0. The predicted molar refractivity (Wildman–Crippen MR) is 131 cm³/mol. The second-order valence-electron chi connectivity index (χ2n) is 7.78. The van der Waals surface area contributed by atoms with Crippen LogP contribution in [0.3, 0.4) is 0 Å². The monoisotopic (exact) mass is 462 g/mol. The number of imide groups is 2. The molecule has 170 valence electrons. The van der Waals surface area contributed by atoms with Crippen molar-refractivity contribution in [3.8, 4) is 5.75 Å². The Hall–Kier alpha value is -5.04. The van der Waals surface area contributed by atoms with Gasteiger partial charge in [-0.15, -0.1) is 0 Å². The molecule has 2 aliphatic rings. The van der Waals surface area contributed by atoms with Crippen LogP contribution in [0.25, 0.3) is 0 Å². The van der Waals surface area contributed by atoms with Crippen LogP contribution in [0.5, 0.6) is 5.75 Å². The van der Waals surface area contributed by atoms with Crippen LogP contribution in [0, 0.1) is 0 Å². The average molecular weight is 462 g/mol. The van der Waals surface area contributed by atoms with Gasteiger partial charge in [-0.3, -0.25) is 19.2 Å². The minimum atomic E-state index is -0.539. The van der Waals surface area contributed by atoms with Crippen LogP contribution in [0.15, 0.2) is 104 Å². The summed E-state index contributed by atoms with van der Waals surface area (Å²) in [5.74, 6) is -1.18. The average Bonchev–Trinajstić information content (AvgIpc) is 3.28. The molecule has 5 rings (SSSR count). The van der Waals surface area contributed by atoms with Crippen molar-refractivity contribution in [1.29, 1.82) is 0 Å². The van der Waals surface area contributed by atoms with Gasteiger partial charge in [-0.05, 0) is 60.7 Å². The van der Waals surface area contributed by atoms with E-state index in [1.807, 2.05) is 0 Å². The number of anilines is 2. The SMILES string of the molecule is C=C/C=C(\C=C)Oc1ccc2c(c1)C(=O)N(c1cccc(N3C(=O)c4ccccc4C3=O)c1)C2=O. The molecule has 3 aromatic carbocycles. The molecule has 0 radical (unpaired) electrons. The Morgan fingerprint density at radius 2 is 1.20 bits per heavy atom. The molecule has 35 heavy (non-hydrogen) atoms. The van der Waals surface area contributed by atoms with Crippen LogP contribution in [-0.4, -0.2) is 23.6 Å². The standard InChI is InChI=1S/C28H18N2O5/c1-3-8-19(4-2)35-20-13-14-23-24(16-20)28(34)30(27(23)33)18-10-7-9-17(15-18)29-25(31)21-11-5-6-12-22(21)26(29)32/h3-16H,1-2H2/b19-8+. The van der Waals surface area contributed by atoms with Gasteiger partial charge in [-0.2, -0.15) is 0 Å². The van der Waals surface area contributed by atoms with Crippen molar-refractivity contribution in [3.63, 3.8) is 0 Å². The van der Waals surface area contributed by atoms with E-state index in [0.717, 1.165) is 9.80 Å². The Labute approximate surface area is 200 Å². The predicted octanol–water partition coefficient (Wildman–Crippen LogP) is 4.92. The molecule has 0 unspecified atom stereocenters. The van der Waals surface area contributed by atoms with E-state index in [9.17, 15) is 19.2 Å². The van der Waals surface area contributed by atoms with Crippen LogP contribution >= 0.6 is 0 Å². The zero-order valence-corrected chi connectivity index (χ0v) is 18.4. The number of hydrogen-bond acceptors (Lipinski definition) is 5. The fourth-order valence-electron chi connectivity index (χ4n) is 4.11. The van der Waals surface area contributed by atoms with Crippen molar-refractivity contribution in [1.82, 2.24) is 0 Å². The molecule has 0 aliphatic carbocycles. The molecule has 7 heteroatoms. The molecule has 0 bridgehead atoms. The Morgan fingerprint density at radius 3 is 1.74 bits per heavy atom. The molecular formula is C28H18N2O5. The Bertz CT molecular complexity index is 1470. The smallest absolute Gasteiger partial charge is 0.266 e. The highest BCUT2D eigenvalue weighted by Gasteiger charge is 2.39. The highest BCUT2D eigenvalue weighted by atomic mass is 16.5. The fourth-order valence-corrected chi connectivity index (χ4v) is 4.11. The number of amides is 4. The van der Waals surface area contributed by atoms with Gasteiger partial charge in [0.1, 0.15) is 11.5 Å². The number of rotatable bonds is 6. The van der Waals surface area contributed by atoms with Gasteiger partial charge in [0.15, 0.2) is 0 Å². The van der Waals surface area contributed by atoms with Gasteiger partial charge >= 0.3 is 0 Å². The molecule has 0 saturated heterocycles. The maximum atomic E-state index is 13.2. The number of carbonyl (C=O) groups excluding carboxylic acids is 4. The van der Waals surface area contributed by atoms with E-state index in [-0.39, 0.29) is 22.5 Å². The van der Waals surface area contributed by atoms with E-state index >= 15 is 0 Å². The third-order valence-corrected chi connectivity index (χ3v) is 5.72. The first-order valence-electron chi connectivity index (χ1n) is 10.7. The third-order valence-electron chi connectivity index (χ3n) is 5.72. The number of ether oxygens (including phenoxy) is 1. The number of benzene rings is 3. The van der Waals surface area contributed by atoms with E-state index in [1.54, 1.807) is 60.7 Å². The zero-order valence-electron chi connectivity index (χ0n) is 18.4. The van der Waals surface area contributed by atoms with Gasteiger partial charge in [0, 0.05) is 0 Å². The summed E-state index contributed by atoms with van der Waals surface area (Å²) in [5, 5.41) is 0. The summed E-state index contributed by atoms with van der Waals surface area (Å²) in [6, 6.07) is 17.4. The molecule has 4 amide bonds. The normalized spacial score (nSPS) is 14.8. The van der Waals surface area contributed by atoms with Crippen LogP contribution in [0.1, 0.15) is 41.4 Å². The van der Waals surface area contributed by atoms with Gasteiger partial charge in [0.2, 0.25) is 0 Å². The first-order chi connectivity index (χ1) is 16.9. The van der Waals surface area contributed by atoms with E-state index in [2.05, 4.69) is 13.2 Å². The van der Waals surface area contributed by atoms with Crippen LogP contribution in [0.2, 0.25) is 0 Å². The molecule has 7 nitrogen and oxygen atoms in total. The summed E-state index contributed by atoms with van der Waals surface area (Å²) in [7, 11) is 0. The first kappa shape index (κ1) is 21.8. The largest absolute Gasteiger partial charge is 0.457 e. The molecule has 0 N–H and O–H groups in total.